The SMILES string of the molecule is CC[C@H](C)Nc1ncccc1[C@@H]1CCCCN1CC. The van der Waals surface area contributed by atoms with Gasteiger partial charge in [0.15, 0.2) is 0 Å². The minimum atomic E-state index is 0.479. The van der Waals surface area contributed by atoms with E-state index in [1.807, 2.05) is 6.20 Å². The topological polar surface area (TPSA) is 28.2 Å². The fourth-order valence-corrected chi connectivity index (χ4v) is 2.86. The third kappa shape index (κ3) is 3.47. The van der Waals surface area contributed by atoms with E-state index < -0.39 is 0 Å². The average Bonchev–Trinajstić information content (AvgIpc) is 2.47. The number of piperidine rings is 1. The first-order valence-corrected chi connectivity index (χ1v) is 7.71. The molecule has 0 aromatic carbocycles. The zero-order chi connectivity index (χ0) is 13.7. The minimum absolute atomic E-state index is 0.479. The lowest BCUT2D eigenvalue weighted by Gasteiger charge is -2.36. The normalized spacial score (nSPS) is 22.2. The van der Waals surface area contributed by atoms with Gasteiger partial charge in [0.25, 0.3) is 0 Å². The highest BCUT2D eigenvalue weighted by atomic mass is 15.2. The molecule has 3 nitrogen and oxygen atoms in total. The molecule has 1 aromatic rings. The second-order valence-corrected chi connectivity index (χ2v) is 5.54. The third-order valence-corrected chi connectivity index (χ3v) is 4.21. The quantitative estimate of drug-likeness (QED) is 0.873. The van der Waals surface area contributed by atoms with Gasteiger partial charge in [-0.2, -0.15) is 0 Å². The maximum atomic E-state index is 4.57. The van der Waals surface area contributed by atoms with Crippen LogP contribution in [0.2, 0.25) is 0 Å². The van der Waals surface area contributed by atoms with Crippen LogP contribution < -0.4 is 5.32 Å². The molecule has 0 saturated carbocycles. The second-order valence-electron chi connectivity index (χ2n) is 5.54. The Bertz CT molecular complexity index is 391. The van der Waals surface area contributed by atoms with Gasteiger partial charge < -0.3 is 5.32 Å². The van der Waals surface area contributed by atoms with Crippen LogP contribution in [0, 0.1) is 0 Å². The van der Waals surface area contributed by atoms with E-state index in [0.29, 0.717) is 12.1 Å². The lowest BCUT2D eigenvalue weighted by atomic mass is 9.95. The van der Waals surface area contributed by atoms with Crippen LogP contribution in [0.15, 0.2) is 18.3 Å². The van der Waals surface area contributed by atoms with Crippen molar-refractivity contribution < 1.29 is 0 Å². The molecule has 106 valence electrons. The first-order chi connectivity index (χ1) is 9.26. The van der Waals surface area contributed by atoms with E-state index in [-0.39, 0.29) is 0 Å². The molecular formula is C16H27N3. The second kappa shape index (κ2) is 6.90. The predicted molar refractivity (Wildman–Crippen MR) is 81.5 cm³/mol. The fraction of sp³-hybridized carbons (Fsp3) is 0.688. The molecule has 3 heteroatoms. The molecule has 1 saturated heterocycles. The largest absolute Gasteiger partial charge is 0.367 e. The molecule has 0 aliphatic carbocycles. The Balaban J connectivity index is 2.22. The smallest absolute Gasteiger partial charge is 0.130 e. The van der Waals surface area contributed by atoms with E-state index in [1.165, 1.54) is 31.4 Å². The minimum Gasteiger partial charge on any atom is -0.367 e. The zero-order valence-electron chi connectivity index (χ0n) is 12.5. The molecule has 0 unspecified atom stereocenters. The summed E-state index contributed by atoms with van der Waals surface area (Å²) < 4.78 is 0. The number of aromatic nitrogens is 1. The predicted octanol–water partition coefficient (Wildman–Crippen LogP) is 3.84. The van der Waals surface area contributed by atoms with Crippen LogP contribution in [0.25, 0.3) is 0 Å². The van der Waals surface area contributed by atoms with E-state index in [0.717, 1.165) is 18.8 Å². The summed E-state index contributed by atoms with van der Waals surface area (Å²) >= 11 is 0. The lowest BCUT2D eigenvalue weighted by Crippen LogP contribution is -2.34. The van der Waals surface area contributed by atoms with Gasteiger partial charge in [0.2, 0.25) is 0 Å². The zero-order valence-corrected chi connectivity index (χ0v) is 12.5. The molecule has 1 N–H and O–H groups in total. The summed E-state index contributed by atoms with van der Waals surface area (Å²) in [6.07, 6.45) is 6.94. The number of pyridine rings is 1. The van der Waals surface area contributed by atoms with Crippen LogP contribution in [-0.4, -0.2) is 29.0 Å². The molecule has 0 spiro atoms. The fourth-order valence-electron chi connectivity index (χ4n) is 2.86. The highest BCUT2D eigenvalue weighted by Crippen LogP contribution is 2.33. The summed E-state index contributed by atoms with van der Waals surface area (Å²) in [5.74, 6) is 1.09. The van der Waals surface area contributed by atoms with Crippen LogP contribution in [0.4, 0.5) is 5.82 Å². The molecule has 1 aromatic heterocycles. The van der Waals surface area contributed by atoms with Crippen molar-refractivity contribution in [2.75, 3.05) is 18.4 Å². The average molecular weight is 261 g/mol. The van der Waals surface area contributed by atoms with Crippen molar-refractivity contribution in [3.63, 3.8) is 0 Å². The van der Waals surface area contributed by atoms with E-state index in [9.17, 15) is 0 Å². The lowest BCUT2D eigenvalue weighted by molar-refractivity contribution is 0.157. The van der Waals surface area contributed by atoms with Gasteiger partial charge in [-0.1, -0.05) is 26.3 Å². The van der Waals surface area contributed by atoms with E-state index in [2.05, 4.69) is 48.1 Å². The van der Waals surface area contributed by atoms with E-state index in [4.69, 9.17) is 0 Å². The van der Waals surface area contributed by atoms with Crippen molar-refractivity contribution in [1.82, 2.24) is 9.88 Å². The van der Waals surface area contributed by atoms with Crippen LogP contribution >= 0.6 is 0 Å². The summed E-state index contributed by atoms with van der Waals surface area (Å²) in [5, 5.41) is 3.56. The van der Waals surface area contributed by atoms with Crippen LogP contribution in [0.3, 0.4) is 0 Å². The molecule has 1 aliphatic rings. The Morgan fingerprint density at radius 1 is 1.42 bits per heavy atom. The number of rotatable bonds is 5. The Morgan fingerprint density at radius 3 is 3.00 bits per heavy atom. The molecule has 1 fully saturated rings. The number of hydrogen-bond donors (Lipinski definition) is 1. The number of anilines is 1. The van der Waals surface area contributed by atoms with Gasteiger partial charge in [0.05, 0.1) is 0 Å². The Hall–Kier alpha value is -1.09. The summed E-state index contributed by atoms with van der Waals surface area (Å²) in [6, 6.07) is 5.34. The first-order valence-electron chi connectivity index (χ1n) is 7.71. The van der Waals surface area contributed by atoms with E-state index in [1.54, 1.807) is 0 Å². The van der Waals surface area contributed by atoms with Crippen molar-refractivity contribution in [3.05, 3.63) is 23.9 Å². The molecule has 2 rings (SSSR count). The molecule has 2 atom stereocenters. The molecule has 0 amide bonds. The Labute approximate surface area is 117 Å². The number of nitrogens with zero attached hydrogens (tertiary/aromatic N) is 2. The maximum absolute atomic E-state index is 4.57. The van der Waals surface area contributed by atoms with Crippen LogP contribution in [0.5, 0.6) is 0 Å². The van der Waals surface area contributed by atoms with Gasteiger partial charge in [0, 0.05) is 23.8 Å². The molecule has 19 heavy (non-hydrogen) atoms. The van der Waals surface area contributed by atoms with Gasteiger partial charge >= 0.3 is 0 Å². The molecule has 1 aliphatic heterocycles. The standard InChI is InChI=1S/C16H27N3/c1-4-13(3)18-16-14(9-8-11-17-16)15-10-6-7-12-19(15)5-2/h8-9,11,13,15H,4-7,10,12H2,1-3H3,(H,17,18)/t13-,15-/m0/s1. The highest BCUT2D eigenvalue weighted by Gasteiger charge is 2.25. The maximum Gasteiger partial charge on any atom is 0.130 e. The van der Waals surface area contributed by atoms with Gasteiger partial charge in [-0.15, -0.1) is 0 Å². The monoisotopic (exact) mass is 261 g/mol. The van der Waals surface area contributed by atoms with Gasteiger partial charge in [0.1, 0.15) is 5.82 Å². The van der Waals surface area contributed by atoms with Crippen molar-refractivity contribution in [2.24, 2.45) is 0 Å². The molecule has 0 bridgehead atoms. The van der Waals surface area contributed by atoms with Gasteiger partial charge in [-0.25, -0.2) is 4.98 Å². The van der Waals surface area contributed by atoms with Crippen molar-refractivity contribution in [3.8, 4) is 0 Å². The van der Waals surface area contributed by atoms with Crippen molar-refractivity contribution in [1.29, 1.82) is 0 Å². The van der Waals surface area contributed by atoms with Crippen LogP contribution in [-0.2, 0) is 0 Å². The van der Waals surface area contributed by atoms with Crippen molar-refractivity contribution >= 4 is 5.82 Å². The molecular weight excluding hydrogens is 234 g/mol. The first kappa shape index (κ1) is 14.3. The van der Waals surface area contributed by atoms with E-state index >= 15 is 0 Å². The third-order valence-electron chi connectivity index (χ3n) is 4.21. The summed E-state index contributed by atoms with van der Waals surface area (Å²) in [4.78, 5) is 7.16. The summed E-state index contributed by atoms with van der Waals surface area (Å²) in [7, 11) is 0. The highest BCUT2D eigenvalue weighted by molar-refractivity contribution is 5.46. The Morgan fingerprint density at radius 2 is 2.26 bits per heavy atom. The van der Waals surface area contributed by atoms with Gasteiger partial charge in [-0.3, -0.25) is 4.90 Å². The van der Waals surface area contributed by atoms with Gasteiger partial charge in [-0.05, 0) is 45.3 Å². The Kier molecular flexibility index (Phi) is 5.20. The number of likely N-dealkylation sites (tertiary alicyclic amines) is 1. The number of nitrogens with one attached hydrogen (secondary N) is 1. The summed E-state index contributed by atoms with van der Waals surface area (Å²) in [5.41, 5.74) is 1.38. The summed E-state index contributed by atoms with van der Waals surface area (Å²) in [6.45, 7) is 9.04. The van der Waals surface area contributed by atoms with Crippen LogP contribution in [0.1, 0.15) is 58.1 Å². The molecule has 2 heterocycles. The molecule has 0 radical (unpaired) electrons. The van der Waals surface area contributed by atoms with Crippen molar-refractivity contribution in [2.45, 2.75) is 58.5 Å². The number of hydrogen-bond acceptors (Lipinski definition) is 3.